The SMILES string of the molecule is COCC1(C(=O)O)CCCN(C(=O)c2[nH]c3c(c2C)C(=O)CCC3)C1. The number of piperidine rings is 1. The van der Waals surface area contributed by atoms with Crippen molar-refractivity contribution in [3.05, 3.63) is 22.5 Å². The van der Waals surface area contributed by atoms with Crippen molar-refractivity contribution in [2.24, 2.45) is 5.41 Å². The summed E-state index contributed by atoms with van der Waals surface area (Å²) >= 11 is 0. The summed E-state index contributed by atoms with van der Waals surface area (Å²) in [7, 11) is 1.47. The Kier molecular flexibility index (Phi) is 4.69. The molecule has 0 bridgehead atoms. The summed E-state index contributed by atoms with van der Waals surface area (Å²) in [6, 6.07) is 0. The van der Waals surface area contributed by atoms with Crippen LogP contribution in [-0.2, 0) is 16.0 Å². The second kappa shape index (κ2) is 6.63. The molecule has 136 valence electrons. The lowest BCUT2D eigenvalue weighted by atomic mass is 9.80. The fraction of sp³-hybridized carbons (Fsp3) is 0.611. The molecule has 1 aromatic rings. The summed E-state index contributed by atoms with van der Waals surface area (Å²) in [5.41, 5.74) is 1.50. The minimum atomic E-state index is -1.07. The van der Waals surface area contributed by atoms with Gasteiger partial charge in [0.15, 0.2) is 5.78 Å². The molecular formula is C18H24N2O5. The molecule has 1 aromatic heterocycles. The van der Waals surface area contributed by atoms with Gasteiger partial charge >= 0.3 is 5.97 Å². The molecule has 7 heteroatoms. The van der Waals surface area contributed by atoms with E-state index >= 15 is 0 Å². The summed E-state index contributed by atoms with van der Waals surface area (Å²) in [4.78, 5) is 41.6. The van der Waals surface area contributed by atoms with Gasteiger partial charge < -0.3 is 19.7 Å². The molecule has 1 saturated heterocycles. The van der Waals surface area contributed by atoms with Crippen LogP contribution in [0, 0.1) is 12.3 Å². The van der Waals surface area contributed by atoms with E-state index < -0.39 is 11.4 Å². The number of aromatic amines is 1. The lowest BCUT2D eigenvalue weighted by molar-refractivity contribution is -0.155. The van der Waals surface area contributed by atoms with Crippen molar-refractivity contribution in [2.75, 3.05) is 26.8 Å². The van der Waals surface area contributed by atoms with E-state index in [-0.39, 0.29) is 24.8 Å². The number of rotatable bonds is 4. The number of carboxylic acids is 1. The molecule has 1 fully saturated rings. The molecule has 1 amide bonds. The first-order chi connectivity index (χ1) is 11.9. The number of aromatic nitrogens is 1. The summed E-state index contributed by atoms with van der Waals surface area (Å²) in [5, 5.41) is 9.64. The summed E-state index contributed by atoms with van der Waals surface area (Å²) < 4.78 is 5.11. The van der Waals surface area contributed by atoms with Crippen LogP contribution in [0.4, 0.5) is 0 Å². The number of likely N-dealkylation sites (tertiary alicyclic amines) is 1. The minimum Gasteiger partial charge on any atom is -0.481 e. The maximum atomic E-state index is 13.0. The van der Waals surface area contributed by atoms with Crippen LogP contribution in [0.3, 0.4) is 0 Å². The number of aryl methyl sites for hydroxylation is 1. The van der Waals surface area contributed by atoms with Crippen LogP contribution < -0.4 is 0 Å². The van der Waals surface area contributed by atoms with Gasteiger partial charge in [-0.3, -0.25) is 14.4 Å². The largest absolute Gasteiger partial charge is 0.481 e. The smallest absolute Gasteiger partial charge is 0.313 e. The highest BCUT2D eigenvalue weighted by Crippen LogP contribution is 2.33. The van der Waals surface area contributed by atoms with E-state index in [1.807, 2.05) is 0 Å². The highest BCUT2D eigenvalue weighted by atomic mass is 16.5. The number of methoxy groups -OCH3 is 1. The lowest BCUT2D eigenvalue weighted by Gasteiger charge is -2.39. The molecule has 0 radical (unpaired) electrons. The van der Waals surface area contributed by atoms with Crippen LogP contribution >= 0.6 is 0 Å². The van der Waals surface area contributed by atoms with Crippen LogP contribution in [0.15, 0.2) is 0 Å². The highest BCUT2D eigenvalue weighted by Gasteiger charge is 2.44. The van der Waals surface area contributed by atoms with Crippen molar-refractivity contribution in [3.63, 3.8) is 0 Å². The number of H-pyrrole nitrogens is 1. The summed E-state index contributed by atoms with van der Waals surface area (Å²) in [6.45, 7) is 2.49. The predicted octanol–water partition coefficient (Wildman–Crippen LogP) is 1.80. The van der Waals surface area contributed by atoms with Crippen LogP contribution in [-0.4, -0.2) is 59.5 Å². The maximum absolute atomic E-state index is 13.0. The van der Waals surface area contributed by atoms with E-state index in [4.69, 9.17) is 4.74 Å². The van der Waals surface area contributed by atoms with Crippen molar-refractivity contribution in [1.29, 1.82) is 0 Å². The molecule has 2 heterocycles. The Morgan fingerprint density at radius 3 is 2.72 bits per heavy atom. The topological polar surface area (TPSA) is 99.7 Å². The van der Waals surface area contributed by atoms with E-state index in [2.05, 4.69) is 4.98 Å². The van der Waals surface area contributed by atoms with Crippen molar-refractivity contribution in [1.82, 2.24) is 9.88 Å². The van der Waals surface area contributed by atoms with E-state index in [9.17, 15) is 19.5 Å². The summed E-state index contributed by atoms with van der Waals surface area (Å²) in [5.74, 6) is -1.10. The van der Waals surface area contributed by atoms with Gasteiger partial charge in [0.2, 0.25) is 0 Å². The van der Waals surface area contributed by atoms with Crippen LogP contribution in [0.1, 0.15) is 57.8 Å². The van der Waals surface area contributed by atoms with Crippen molar-refractivity contribution in [3.8, 4) is 0 Å². The van der Waals surface area contributed by atoms with Crippen molar-refractivity contribution in [2.45, 2.75) is 39.0 Å². The Bertz CT molecular complexity index is 719. The number of nitrogens with one attached hydrogen (secondary N) is 1. The number of Topliss-reactive ketones (excluding diaryl/α,β-unsaturated/α-hetero) is 1. The monoisotopic (exact) mass is 348 g/mol. The van der Waals surface area contributed by atoms with Crippen molar-refractivity contribution < 1.29 is 24.2 Å². The normalized spacial score (nSPS) is 23.4. The van der Waals surface area contributed by atoms with Gasteiger partial charge in [0.1, 0.15) is 11.1 Å². The molecule has 0 aromatic carbocycles. The Morgan fingerprint density at radius 2 is 2.08 bits per heavy atom. The van der Waals surface area contributed by atoms with E-state index in [0.29, 0.717) is 42.6 Å². The zero-order valence-electron chi connectivity index (χ0n) is 14.7. The van der Waals surface area contributed by atoms with Gasteiger partial charge in [-0.05, 0) is 38.2 Å². The first-order valence-electron chi connectivity index (χ1n) is 8.66. The highest BCUT2D eigenvalue weighted by molar-refractivity contribution is 6.04. The second-order valence-electron chi connectivity index (χ2n) is 7.10. The van der Waals surface area contributed by atoms with Gasteiger partial charge in [0.25, 0.3) is 5.91 Å². The Balaban J connectivity index is 1.88. The molecule has 2 N–H and O–H groups in total. The predicted molar refractivity (Wildman–Crippen MR) is 89.9 cm³/mol. The van der Waals surface area contributed by atoms with Gasteiger partial charge in [0.05, 0.1) is 6.61 Å². The number of hydrogen-bond donors (Lipinski definition) is 2. The van der Waals surface area contributed by atoms with E-state index in [1.54, 1.807) is 11.8 Å². The number of aliphatic carboxylic acids is 1. The number of nitrogens with zero attached hydrogens (tertiary/aromatic N) is 1. The number of fused-ring (bicyclic) bond motifs is 1. The molecular weight excluding hydrogens is 324 g/mol. The number of hydrogen-bond acceptors (Lipinski definition) is 4. The molecule has 0 spiro atoms. The lowest BCUT2D eigenvalue weighted by Crippen LogP contribution is -2.52. The second-order valence-corrected chi connectivity index (χ2v) is 7.10. The maximum Gasteiger partial charge on any atom is 0.313 e. The molecule has 1 unspecified atom stereocenters. The number of carbonyl (C=O) groups is 3. The number of carboxylic acid groups (broad SMARTS) is 1. The summed E-state index contributed by atoms with van der Waals surface area (Å²) in [6.07, 6.45) is 3.16. The first-order valence-corrected chi connectivity index (χ1v) is 8.66. The molecule has 1 aliphatic heterocycles. The van der Waals surface area contributed by atoms with Crippen LogP contribution in [0.2, 0.25) is 0 Å². The molecule has 1 aliphatic carbocycles. The number of amides is 1. The quantitative estimate of drug-likeness (QED) is 0.864. The van der Waals surface area contributed by atoms with Gasteiger partial charge in [-0.2, -0.15) is 0 Å². The molecule has 7 nitrogen and oxygen atoms in total. The average Bonchev–Trinajstić information content (AvgIpc) is 2.92. The standard InChI is InChI=1S/C18H24N2O5/c1-11-14-12(5-3-6-13(14)21)19-15(11)16(22)20-8-4-7-18(9-20,10-25-2)17(23)24/h19H,3-10H2,1-2H3,(H,23,24). The molecule has 0 saturated carbocycles. The molecule has 1 atom stereocenters. The fourth-order valence-electron chi connectivity index (χ4n) is 4.08. The average molecular weight is 348 g/mol. The third-order valence-corrected chi connectivity index (χ3v) is 5.39. The minimum absolute atomic E-state index is 0.0742. The molecule has 25 heavy (non-hydrogen) atoms. The Labute approximate surface area is 146 Å². The van der Waals surface area contributed by atoms with Gasteiger partial charge in [-0.1, -0.05) is 0 Å². The van der Waals surface area contributed by atoms with Crippen molar-refractivity contribution >= 4 is 17.7 Å². The van der Waals surface area contributed by atoms with Gasteiger partial charge in [-0.25, -0.2) is 0 Å². The zero-order valence-corrected chi connectivity index (χ0v) is 14.7. The van der Waals surface area contributed by atoms with E-state index in [1.165, 1.54) is 7.11 Å². The molecule has 3 rings (SSSR count). The van der Waals surface area contributed by atoms with Gasteiger partial charge in [-0.15, -0.1) is 0 Å². The third kappa shape index (κ3) is 2.97. The van der Waals surface area contributed by atoms with Crippen LogP contribution in [0.25, 0.3) is 0 Å². The van der Waals surface area contributed by atoms with Gasteiger partial charge in [0, 0.05) is 37.9 Å². The third-order valence-electron chi connectivity index (χ3n) is 5.39. The number of ketones is 1. The first kappa shape index (κ1) is 17.7. The Morgan fingerprint density at radius 1 is 1.32 bits per heavy atom. The molecule has 2 aliphatic rings. The van der Waals surface area contributed by atoms with Crippen LogP contribution in [0.5, 0.6) is 0 Å². The van der Waals surface area contributed by atoms with E-state index in [0.717, 1.165) is 18.5 Å². The number of ether oxygens (including phenoxy) is 1. The Hall–Kier alpha value is -2.15. The fourth-order valence-corrected chi connectivity index (χ4v) is 4.08. The zero-order chi connectivity index (χ0) is 18.2. The number of carbonyl (C=O) groups excluding carboxylic acids is 2.